The summed E-state index contributed by atoms with van der Waals surface area (Å²) in [5.74, 6) is -0.311. The number of carbonyl (C=O) groups is 2. The monoisotopic (exact) mass is 618 g/mol. The van der Waals surface area contributed by atoms with Gasteiger partial charge >= 0.3 is 0 Å². The number of nitrogens with zero attached hydrogens (tertiary/aromatic N) is 2. The van der Waals surface area contributed by atoms with Gasteiger partial charge in [0.1, 0.15) is 0 Å². The Labute approximate surface area is 250 Å². The van der Waals surface area contributed by atoms with E-state index in [-0.39, 0.29) is 51.8 Å². The molecule has 2 N–H and O–H groups in total. The number of para-hydroxylation sites is 1. The van der Waals surface area contributed by atoms with E-state index in [9.17, 15) is 18.0 Å². The highest BCUT2D eigenvalue weighted by Gasteiger charge is 2.29. The summed E-state index contributed by atoms with van der Waals surface area (Å²) in [6.07, 6.45) is 2.02. The standard InChI is InChI=1S/C29H32Cl2N4O5S/c1-2-34(23-14-17-32-18-15-23)28(36)16-19-33-29(37)21-8-11-25(12-9-21)41(38,39)35(24-6-4-3-5-7-24)40-27-13-10-22(30)20-26(27)31/h3-13,20,23,32H,2,14-19H2,1H3,(H,33,37). The van der Waals surface area contributed by atoms with Crippen molar-refractivity contribution in [3.63, 3.8) is 0 Å². The lowest BCUT2D eigenvalue weighted by molar-refractivity contribution is -0.133. The highest BCUT2D eigenvalue weighted by molar-refractivity contribution is 7.92. The third-order valence-electron chi connectivity index (χ3n) is 6.71. The van der Waals surface area contributed by atoms with E-state index in [1.165, 1.54) is 42.5 Å². The molecule has 1 heterocycles. The zero-order chi connectivity index (χ0) is 29.4. The molecule has 3 aromatic carbocycles. The number of halogens is 2. The Morgan fingerprint density at radius 3 is 2.32 bits per heavy atom. The number of hydrogen-bond acceptors (Lipinski definition) is 6. The van der Waals surface area contributed by atoms with E-state index in [1.54, 1.807) is 30.3 Å². The first-order chi connectivity index (χ1) is 19.7. The number of rotatable bonds is 11. The molecular formula is C29H32Cl2N4O5S. The van der Waals surface area contributed by atoms with Crippen molar-refractivity contribution in [3.05, 3.63) is 88.4 Å². The number of carbonyl (C=O) groups excluding carboxylic acids is 2. The molecule has 0 bridgehead atoms. The molecule has 1 aliphatic rings. The van der Waals surface area contributed by atoms with E-state index < -0.39 is 15.9 Å². The van der Waals surface area contributed by atoms with Crippen LogP contribution in [0.3, 0.4) is 0 Å². The van der Waals surface area contributed by atoms with Crippen LogP contribution in [0.25, 0.3) is 0 Å². The van der Waals surface area contributed by atoms with Gasteiger partial charge in [-0.15, -0.1) is 0 Å². The fourth-order valence-electron chi connectivity index (χ4n) is 4.59. The summed E-state index contributed by atoms with van der Waals surface area (Å²) in [5, 5.41) is 6.56. The zero-order valence-corrected chi connectivity index (χ0v) is 24.9. The van der Waals surface area contributed by atoms with E-state index in [4.69, 9.17) is 28.0 Å². The summed E-state index contributed by atoms with van der Waals surface area (Å²) in [6, 6.07) is 18.4. The molecule has 0 saturated carbocycles. The molecular weight excluding hydrogens is 587 g/mol. The molecule has 1 aliphatic heterocycles. The maximum Gasteiger partial charge on any atom is 0.295 e. The van der Waals surface area contributed by atoms with Crippen LogP contribution < -0.4 is 19.9 Å². The lowest BCUT2D eigenvalue weighted by atomic mass is 10.0. The van der Waals surface area contributed by atoms with Gasteiger partial charge in [-0.25, -0.2) is 0 Å². The minimum absolute atomic E-state index is 0.00272. The van der Waals surface area contributed by atoms with Gasteiger partial charge in [-0.05, 0) is 87.5 Å². The molecule has 0 atom stereocenters. The molecule has 0 radical (unpaired) electrons. The van der Waals surface area contributed by atoms with Crippen LogP contribution in [0.2, 0.25) is 10.0 Å². The summed E-state index contributed by atoms with van der Waals surface area (Å²) < 4.78 is 28.1. The first kappa shape index (κ1) is 30.6. The third-order valence-corrected chi connectivity index (χ3v) is 8.83. The van der Waals surface area contributed by atoms with Crippen molar-refractivity contribution in [2.24, 2.45) is 0 Å². The Hall–Kier alpha value is -3.31. The van der Waals surface area contributed by atoms with Crippen molar-refractivity contribution in [1.82, 2.24) is 15.5 Å². The van der Waals surface area contributed by atoms with Crippen molar-refractivity contribution in [2.75, 3.05) is 30.6 Å². The van der Waals surface area contributed by atoms with Gasteiger partial charge < -0.3 is 20.4 Å². The Balaban J connectivity index is 1.43. The lowest BCUT2D eigenvalue weighted by Crippen LogP contribution is -2.46. The van der Waals surface area contributed by atoms with Gasteiger partial charge in [-0.2, -0.15) is 8.42 Å². The summed E-state index contributed by atoms with van der Waals surface area (Å²) in [4.78, 5) is 33.0. The van der Waals surface area contributed by atoms with Crippen LogP contribution in [0.1, 0.15) is 36.5 Å². The average molecular weight is 620 g/mol. The molecule has 12 heteroatoms. The Morgan fingerprint density at radius 2 is 1.68 bits per heavy atom. The quantitative estimate of drug-likeness (QED) is 0.296. The minimum Gasteiger partial charge on any atom is -0.363 e. The lowest BCUT2D eigenvalue weighted by Gasteiger charge is -2.34. The van der Waals surface area contributed by atoms with Crippen LogP contribution in [-0.2, 0) is 14.8 Å². The van der Waals surface area contributed by atoms with Crippen molar-refractivity contribution >= 4 is 50.7 Å². The Bertz CT molecular complexity index is 1450. The van der Waals surface area contributed by atoms with Crippen LogP contribution in [0, 0.1) is 0 Å². The van der Waals surface area contributed by atoms with E-state index in [0.29, 0.717) is 11.6 Å². The Kier molecular flexibility index (Phi) is 10.5. The second-order valence-corrected chi connectivity index (χ2v) is 12.0. The summed E-state index contributed by atoms with van der Waals surface area (Å²) in [5.41, 5.74) is 0.505. The van der Waals surface area contributed by atoms with Gasteiger partial charge in [-0.1, -0.05) is 45.9 Å². The molecule has 2 amide bonds. The van der Waals surface area contributed by atoms with Gasteiger partial charge in [-0.3, -0.25) is 9.59 Å². The van der Waals surface area contributed by atoms with Crippen LogP contribution >= 0.6 is 23.2 Å². The van der Waals surface area contributed by atoms with Gasteiger partial charge in [0.25, 0.3) is 15.9 Å². The summed E-state index contributed by atoms with van der Waals surface area (Å²) in [6.45, 7) is 4.54. The molecule has 3 aromatic rings. The van der Waals surface area contributed by atoms with E-state index in [0.717, 1.165) is 30.4 Å². The van der Waals surface area contributed by atoms with Crippen LogP contribution in [-0.4, -0.2) is 57.4 Å². The first-order valence-electron chi connectivity index (χ1n) is 13.3. The second-order valence-electron chi connectivity index (χ2n) is 9.42. The maximum absolute atomic E-state index is 13.7. The third kappa shape index (κ3) is 7.71. The largest absolute Gasteiger partial charge is 0.363 e. The number of hydrogen-bond donors (Lipinski definition) is 2. The minimum atomic E-state index is -4.24. The van der Waals surface area contributed by atoms with E-state index in [2.05, 4.69) is 10.6 Å². The highest BCUT2D eigenvalue weighted by Crippen LogP contribution is 2.32. The van der Waals surface area contributed by atoms with Gasteiger partial charge in [0.2, 0.25) is 5.91 Å². The van der Waals surface area contributed by atoms with Crippen molar-refractivity contribution in [2.45, 2.75) is 37.1 Å². The van der Waals surface area contributed by atoms with Crippen molar-refractivity contribution in [1.29, 1.82) is 0 Å². The second kappa shape index (κ2) is 14.0. The molecule has 4 rings (SSSR count). The smallest absolute Gasteiger partial charge is 0.295 e. The normalized spacial score (nSPS) is 13.8. The predicted molar refractivity (Wildman–Crippen MR) is 160 cm³/mol. The predicted octanol–water partition coefficient (Wildman–Crippen LogP) is 4.90. The number of piperidine rings is 1. The summed E-state index contributed by atoms with van der Waals surface area (Å²) in [7, 11) is -4.24. The fraction of sp³-hybridized carbons (Fsp3) is 0.310. The highest BCUT2D eigenvalue weighted by atomic mass is 35.5. The molecule has 1 saturated heterocycles. The molecule has 0 unspecified atom stereocenters. The number of nitrogens with one attached hydrogen (secondary N) is 2. The summed E-state index contributed by atoms with van der Waals surface area (Å²) >= 11 is 12.2. The van der Waals surface area contributed by atoms with Crippen LogP contribution in [0.5, 0.6) is 5.75 Å². The number of amides is 2. The number of anilines is 1. The molecule has 0 aromatic heterocycles. The van der Waals surface area contributed by atoms with Gasteiger partial charge in [0.15, 0.2) is 5.75 Å². The van der Waals surface area contributed by atoms with Crippen molar-refractivity contribution < 1.29 is 22.8 Å². The zero-order valence-electron chi connectivity index (χ0n) is 22.6. The van der Waals surface area contributed by atoms with Gasteiger partial charge in [0.05, 0.1) is 15.6 Å². The van der Waals surface area contributed by atoms with Gasteiger partial charge in [0, 0.05) is 36.1 Å². The van der Waals surface area contributed by atoms with E-state index in [1.807, 2.05) is 11.8 Å². The average Bonchev–Trinajstić information content (AvgIpc) is 2.98. The number of sulfonamides is 1. The van der Waals surface area contributed by atoms with Crippen molar-refractivity contribution in [3.8, 4) is 5.75 Å². The Morgan fingerprint density at radius 1 is 1.00 bits per heavy atom. The molecule has 218 valence electrons. The molecule has 0 aliphatic carbocycles. The molecule has 0 spiro atoms. The number of benzene rings is 3. The molecule has 9 nitrogen and oxygen atoms in total. The maximum atomic E-state index is 13.7. The first-order valence-corrected chi connectivity index (χ1v) is 15.5. The van der Waals surface area contributed by atoms with E-state index >= 15 is 0 Å². The SMILES string of the molecule is CCN(C(=O)CCNC(=O)c1ccc(S(=O)(=O)N(Oc2ccc(Cl)cc2Cl)c2ccccc2)cc1)C1CCNCC1. The fourth-order valence-corrected chi connectivity index (χ4v) is 6.28. The van der Waals surface area contributed by atoms with Crippen LogP contribution in [0.4, 0.5) is 5.69 Å². The topological polar surface area (TPSA) is 108 Å². The molecule has 41 heavy (non-hydrogen) atoms. The van der Waals surface area contributed by atoms with Crippen LogP contribution in [0.15, 0.2) is 77.7 Å². The molecule has 1 fully saturated rings.